The molecule has 2 rings (SSSR count). The third-order valence-electron chi connectivity index (χ3n) is 3.01. The molecule has 0 spiro atoms. The lowest BCUT2D eigenvalue weighted by atomic mass is 9.92. The molecule has 0 bridgehead atoms. The van der Waals surface area contributed by atoms with Crippen molar-refractivity contribution < 1.29 is 13.2 Å². The molecule has 2 N–H and O–H groups in total. The van der Waals surface area contributed by atoms with Gasteiger partial charge in [-0.1, -0.05) is 32.9 Å². The Labute approximate surface area is 135 Å². The fraction of sp³-hybridized carbons (Fsp3) is 0.333. The third kappa shape index (κ3) is 4.40. The summed E-state index contributed by atoms with van der Waals surface area (Å²) in [5, 5.41) is 10.0. The Balaban J connectivity index is 2.24. The predicted molar refractivity (Wildman–Crippen MR) is 84.0 cm³/mol. The van der Waals surface area contributed by atoms with Crippen LogP contribution in [0.25, 0.3) is 0 Å². The predicted octanol–water partition coefficient (Wildman–Crippen LogP) is 2.93. The van der Waals surface area contributed by atoms with Gasteiger partial charge >= 0.3 is 11.9 Å². The van der Waals surface area contributed by atoms with Gasteiger partial charge in [-0.25, -0.2) is 9.89 Å². The van der Waals surface area contributed by atoms with Gasteiger partial charge in [0, 0.05) is 5.41 Å². The van der Waals surface area contributed by atoms with Crippen LogP contribution in [0.5, 0.6) is 0 Å². The van der Waals surface area contributed by atoms with Crippen molar-refractivity contribution in [3.8, 4) is 0 Å². The number of hydrogen-bond donors (Lipinski definition) is 2. The van der Waals surface area contributed by atoms with Gasteiger partial charge in [0.2, 0.25) is 0 Å². The second-order valence-corrected chi connectivity index (χ2v) is 6.08. The zero-order valence-corrected chi connectivity index (χ0v) is 13.3. The van der Waals surface area contributed by atoms with Crippen LogP contribution < -0.4 is 11.1 Å². The molecule has 0 amide bonds. The van der Waals surface area contributed by atoms with Crippen molar-refractivity contribution in [2.24, 2.45) is 5.10 Å². The molecule has 1 heterocycles. The van der Waals surface area contributed by atoms with E-state index in [2.05, 4.69) is 25.7 Å². The lowest BCUT2D eigenvalue weighted by molar-refractivity contribution is -0.137. The molecule has 2 aromatic rings. The van der Waals surface area contributed by atoms with Crippen molar-refractivity contribution in [1.82, 2.24) is 15.2 Å². The van der Waals surface area contributed by atoms with Crippen LogP contribution in [0.4, 0.5) is 19.0 Å². The number of nitrogens with zero attached hydrogens (tertiary/aromatic N) is 3. The normalized spacial score (nSPS) is 12.6. The van der Waals surface area contributed by atoms with Crippen molar-refractivity contribution in [3.63, 3.8) is 0 Å². The van der Waals surface area contributed by atoms with E-state index in [-0.39, 0.29) is 11.4 Å². The number of aromatic amines is 1. The van der Waals surface area contributed by atoms with E-state index in [0.717, 1.165) is 12.1 Å². The molecule has 0 aliphatic rings. The first kappa shape index (κ1) is 17.6. The lowest BCUT2D eigenvalue weighted by Crippen LogP contribution is -2.24. The number of rotatable bonds is 3. The molecule has 0 aliphatic heterocycles. The quantitative estimate of drug-likeness (QED) is 0.665. The maximum absolute atomic E-state index is 12.7. The average molecular weight is 339 g/mol. The largest absolute Gasteiger partial charge is 0.416 e. The van der Waals surface area contributed by atoms with Gasteiger partial charge in [-0.2, -0.15) is 28.4 Å². The fourth-order valence-corrected chi connectivity index (χ4v) is 1.90. The van der Waals surface area contributed by atoms with Crippen molar-refractivity contribution >= 4 is 12.0 Å². The minimum absolute atomic E-state index is 0.148. The SMILES string of the molecule is CC(C)(C)c1n[nH]c(=O)nc1N/N=C/c1cccc(C(F)(F)F)c1. The molecule has 0 radical (unpaired) electrons. The lowest BCUT2D eigenvalue weighted by Gasteiger charge is -2.18. The highest BCUT2D eigenvalue weighted by Crippen LogP contribution is 2.29. The van der Waals surface area contributed by atoms with Crippen LogP contribution in [0.3, 0.4) is 0 Å². The van der Waals surface area contributed by atoms with E-state index in [4.69, 9.17) is 0 Å². The van der Waals surface area contributed by atoms with E-state index >= 15 is 0 Å². The van der Waals surface area contributed by atoms with Gasteiger partial charge in [0.1, 0.15) is 5.69 Å². The van der Waals surface area contributed by atoms with Crippen molar-refractivity contribution in [2.75, 3.05) is 5.43 Å². The molecule has 128 valence electrons. The third-order valence-corrected chi connectivity index (χ3v) is 3.01. The highest BCUT2D eigenvalue weighted by Gasteiger charge is 2.30. The van der Waals surface area contributed by atoms with E-state index in [1.807, 2.05) is 20.8 Å². The second kappa shape index (κ2) is 6.42. The number of nitrogens with one attached hydrogen (secondary N) is 2. The molecule has 9 heteroatoms. The van der Waals surface area contributed by atoms with Crippen LogP contribution in [-0.2, 0) is 11.6 Å². The standard InChI is InChI=1S/C15H16F3N5O/c1-14(2,3)11-12(20-13(24)23-21-11)22-19-8-9-5-4-6-10(7-9)15(16,17)18/h4-8H,1-3H3,(H2,20,22,23,24)/b19-8+. The zero-order valence-electron chi connectivity index (χ0n) is 13.3. The first-order chi connectivity index (χ1) is 11.1. The molecule has 6 nitrogen and oxygen atoms in total. The molecule has 0 atom stereocenters. The van der Waals surface area contributed by atoms with Gasteiger partial charge < -0.3 is 0 Å². The van der Waals surface area contributed by atoms with E-state index in [1.165, 1.54) is 18.3 Å². The van der Waals surface area contributed by atoms with Gasteiger partial charge in [-0.05, 0) is 17.7 Å². The molecule has 0 saturated carbocycles. The molecule has 0 saturated heterocycles. The molecule has 1 aromatic heterocycles. The molecule has 0 fully saturated rings. The number of aromatic nitrogens is 3. The van der Waals surface area contributed by atoms with E-state index < -0.39 is 22.8 Å². The number of hydrogen-bond acceptors (Lipinski definition) is 5. The summed E-state index contributed by atoms with van der Waals surface area (Å²) in [5.74, 6) is 0.148. The Morgan fingerprint density at radius 3 is 2.58 bits per heavy atom. The Morgan fingerprint density at radius 1 is 1.25 bits per heavy atom. The maximum Gasteiger partial charge on any atom is 0.416 e. The average Bonchev–Trinajstić information content (AvgIpc) is 2.45. The van der Waals surface area contributed by atoms with E-state index in [1.54, 1.807) is 0 Å². The van der Waals surface area contributed by atoms with Gasteiger partial charge in [0.05, 0.1) is 11.8 Å². The summed E-state index contributed by atoms with van der Waals surface area (Å²) >= 11 is 0. The maximum atomic E-state index is 12.7. The van der Waals surface area contributed by atoms with Gasteiger partial charge in [-0.3, -0.25) is 5.43 Å². The monoisotopic (exact) mass is 339 g/mol. The Kier molecular flexibility index (Phi) is 4.72. The summed E-state index contributed by atoms with van der Waals surface area (Å²) < 4.78 is 38.0. The molecular formula is C15H16F3N5O. The number of benzene rings is 1. The van der Waals surface area contributed by atoms with Gasteiger partial charge in [0.25, 0.3) is 0 Å². The van der Waals surface area contributed by atoms with Crippen molar-refractivity contribution in [1.29, 1.82) is 0 Å². The summed E-state index contributed by atoms with van der Waals surface area (Å²) in [6, 6.07) is 4.72. The molecule has 0 aliphatic carbocycles. The van der Waals surface area contributed by atoms with Crippen LogP contribution in [-0.4, -0.2) is 21.4 Å². The minimum atomic E-state index is -4.42. The number of anilines is 1. The van der Waals surface area contributed by atoms with Crippen LogP contribution in [0.2, 0.25) is 0 Å². The minimum Gasteiger partial charge on any atom is -0.260 e. The number of H-pyrrole nitrogens is 1. The number of hydrazone groups is 1. The van der Waals surface area contributed by atoms with Crippen molar-refractivity contribution in [2.45, 2.75) is 32.4 Å². The fourth-order valence-electron chi connectivity index (χ4n) is 1.90. The van der Waals surface area contributed by atoms with Crippen LogP contribution in [0.15, 0.2) is 34.2 Å². The first-order valence-corrected chi connectivity index (χ1v) is 7.01. The van der Waals surface area contributed by atoms with E-state index in [0.29, 0.717) is 5.69 Å². The highest BCUT2D eigenvalue weighted by atomic mass is 19.4. The summed E-state index contributed by atoms with van der Waals surface area (Å²) in [4.78, 5) is 15.1. The topological polar surface area (TPSA) is 83.0 Å². The van der Waals surface area contributed by atoms with Gasteiger partial charge in [-0.15, -0.1) is 0 Å². The Morgan fingerprint density at radius 2 is 1.96 bits per heavy atom. The van der Waals surface area contributed by atoms with Crippen LogP contribution in [0, 0.1) is 0 Å². The van der Waals surface area contributed by atoms with Crippen LogP contribution in [0.1, 0.15) is 37.6 Å². The summed E-state index contributed by atoms with van der Waals surface area (Å²) in [5.41, 5.74) is 1.46. The summed E-state index contributed by atoms with van der Waals surface area (Å²) in [7, 11) is 0. The van der Waals surface area contributed by atoms with Crippen molar-refractivity contribution in [3.05, 3.63) is 51.6 Å². The van der Waals surface area contributed by atoms with E-state index in [9.17, 15) is 18.0 Å². The Hall–Kier alpha value is -2.71. The zero-order chi connectivity index (χ0) is 18.0. The second-order valence-electron chi connectivity index (χ2n) is 6.08. The smallest absolute Gasteiger partial charge is 0.260 e. The molecule has 0 unspecified atom stereocenters. The number of alkyl halides is 3. The van der Waals surface area contributed by atoms with Gasteiger partial charge in [0.15, 0.2) is 5.82 Å². The molecular weight excluding hydrogens is 323 g/mol. The molecule has 1 aromatic carbocycles. The summed E-state index contributed by atoms with van der Waals surface area (Å²) in [6.07, 6.45) is -3.21. The highest BCUT2D eigenvalue weighted by molar-refractivity contribution is 5.80. The number of halogens is 3. The van der Waals surface area contributed by atoms with Crippen LogP contribution >= 0.6 is 0 Å². The first-order valence-electron chi connectivity index (χ1n) is 7.01. The molecule has 24 heavy (non-hydrogen) atoms. The Bertz CT molecular complexity index is 806. The summed E-state index contributed by atoms with van der Waals surface area (Å²) in [6.45, 7) is 5.62.